The van der Waals surface area contributed by atoms with Gasteiger partial charge in [0.25, 0.3) is 0 Å². The van der Waals surface area contributed by atoms with E-state index in [2.05, 4.69) is 4.74 Å². The Balaban J connectivity index is 2.31. The molecule has 3 nitrogen and oxygen atoms in total. The van der Waals surface area contributed by atoms with Crippen molar-refractivity contribution in [3.8, 4) is 0 Å². The molecule has 44 valence electrons. The van der Waals surface area contributed by atoms with Crippen LogP contribution in [0.3, 0.4) is 0 Å². The molecule has 2 fully saturated rings. The van der Waals surface area contributed by atoms with Crippen molar-refractivity contribution >= 4 is 5.97 Å². The average molecular weight is 114 g/mol. The van der Waals surface area contributed by atoms with E-state index < -0.39 is 11.6 Å². The monoisotopic (exact) mass is 114 g/mol. The van der Waals surface area contributed by atoms with Gasteiger partial charge in [-0.1, -0.05) is 0 Å². The number of carbonyl (C=O) groups excluding carboxylic acids is 1. The summed E-state index contributed by atoms with van der Waals surface area (Å²) in [5, 5.41) is 9.06. The number of aliphatic hydroxyl groups is 1. The fourth-order valence-corrected chi connectivity index (χ4v) is 1.06. The van der Waals surface area contributed by atoms with E-state index in [4.69, 9.17) is 5.11 Å². The molecule has 3 heteroatoms. The fraction of sp³-hybridized carbons (Fsp3) is 0.800. The molecular formula is C5H6O3. The number of cyclic esters (lactones) is 1. The average Bonchev–Trinajstić information content (AvgIpc) is 2.31. The largest absolute Gasteiger partial charge is 0.463 e. The van der Waals surface area contributed by atoms with E-state index in [1.54, 1.807) is 0 Å². The highest BCUT2D eigenvalue weighted by molar-refractivity contribution is 5.85. The third-order valence-corrected chi connectivity index (χ3v) is 1.84. The van der Waals surface area contributed by atoms with E-state index >= 15 is 0 Å². The highest BCUT2D eigenvalue weighted by atomic mass is 16.6. The summed E-state index contributed by atoms with van der Waals surface area (Å²) in [6.45, 7) is 0.426. The quantitative estimate of drug-likeness (QED) is 0.423. The van der Waals surface area contributed by atoms with Crippen LogP contribution in [0.2, 0.25) is 0 Å². The Hall–Kier alpha value is -0.570. The molecule has 1 aliphatic carbocycles. The third-order valence-electron chi connectivity index (χ3n) is 1.84. The van der Waals surface area contributed by atoms with Crippen molar-refractivity contribution in [1.82, 2.24) is 0 Å². The predicted octanol–water partition coefficient (Wildman–Crippen LogP) is -0.706. The summed E-state index contributed by atoms with van der Waals surface area (Å²) in [4.78, 5) is 10.5. The molecule has 2 rings (SSSR count). The summed E-state index contributed by atoms with van der Waals surface area (Å²) in [6.07, 6.45) is 0.617. The summed E-state index contributed by atoms with van der Waals surface area (Å²) < 4.78 is 4.53. The first-order valence-electron chi connectivity index (χ1n) is 2.63. The Labute approximate surface area is 46.3 Å². The van der Waals surface area contributed by atoms with Gasteiger partial charge in [-0.05, 0) is 6.42 Å². The van der Waals surface area contributed by atoms with Crippen molar-refractivity contribution in [2.45, 2.75) is 12.0 Å². The Morgan fingerprint density at radius 2 is 2.62 bits per heavy atom. The maximum Gasteiger partial charge on any atom is 0.338 e. The topological polar surface area (TPSA) is 46.5 Å². The molecule has 0 amide bonds. The summed E-state index contributed by atoms with van der Waals surface area (Å²) >= 11 is 0. The SMILES string of the molecule is O=C1OCC2C[C@]12O. The lowest BCUT2D eigenvalue weighted by molar-refractivity contribution is -0.149. The highest BCUT2D eigenvalue weighted by Crippen LogP contribution is 2.48. The lowest BCUT2D eigenvalue weighted by atomic mass is 10.3. The van der Waals surface area contributed by atoms with Gasteiger partial charge in [0, 0.05) is 5.92 Å². The van der Waals surface area contributed by atoms with Crippen LogP contribution in [0.15, 0.2) is 0 Å². The van der Waals surface area contributed by atoms with Crippen LogP contribution >= 0.6 is 0 Å². The van der Waals surface area contributed by atoms with Crippen molar-refractivity contribution in [2.75, 3.05) is 6.61 Å². The standard InChI is InChI=1S/C5H6O3/c6-4-5(7)1-3(5)2-8-4/h3,7H,1-2H2/t3?,5-/m1/s1. The van der Waals surface area contributed by atoms with E-state index in [1.165, 1.54) is 0 Å². The zero-order chi connectivity index (χ0) is 5.78. The minimum absolute atomic E-state index is 0.120. The van der Waals surface area contributed by atoms with Gasteiger partial charge in [0.05, 0.1) is 6.61 Å². The first kappa shape index (κ1) is 4.32. The van der Waals surface area contributed by atoms with Crippen LogP contribution in [0.5, 0.6) is 0 Å². The predicted molar refractivity (Wildman–Crippen MR) is 24.0 cm³/mol. The number of ether oxygens (including phenoxy) is 1. The van der Waals surface area contributed by atoms with Gasteiger partial charge in [0.15, 0.2) is 5.60 Å². The maximum atomic E-state index is 10.5. The van der Waals surface area contributed by atoms with Gasteiger partial charge >= 0.3 is 5.97 Å². The molecule has 0 aromatic heterocycles. The minimum Gasteiger partial charge on any atom is -0.463 e. The van der Waals surface area contributed by atoms with Crippen LogP contribution in [0.25, 0.3) is 0 Å². The molecule has 0 aromatic carbocycles. The molecule has 1 N–H and O–H groups in total. The molecule has 2 aliphatic rings. The second-order valence-corrected chi connectivity index (χ2v) is 2.42. The fourth-order valence-electron chi connectivity index (χ4n) is 1.06. The van der Waals surface area contributed by atoms with Gasteiger partial charge in [-0.25, -0.2) is 4.79 Å². The number of hydrogen-bond donors (Lipinski definition) is 1. The van der Waals surface area contributed by atoms with Crippen molar-refractivity contribution in [2.24, 2.45) is 5.92 Å². The Morgan fingerprint density at radius 1 is 1.88 bits per heavy atom. The second kappa shape index (κ2) is 0.910. The number of fused-ring (bicyclic) bond motifs is 1. The molecule has 1 heterocycles. The lowest BCUT2D eigenvalue weighted by Crippen LogP contribution is -2.19. The van der Waals surface area contributed by atoms with Gasteiger partial charge in [-0.3, -0.25) is 0 Å². The Morgan fingerprint density at radius 3 is 2.75 bits per heavy atom. The summed E-state index contributed by atoms with van der Waals surface area (Å²) in [6, 6.07) is 0. The van der Waals surface area contributed by atoms with Gasteiger partial charge in [-0.2, -0.15) is 0 Å². The van der Waals surface area contributed by atoms with Crippen LogP contribution in [-0.4, -0.2) is 23.3 Å². The molecule has 1 saturated heterocycles. The van der Waals surface area contributed by atoms with Crippen molar-refractivity contribution < 1.29 is 14.6 Å². The molecule has 1 unspecified atom stereocenters. The third kappa shape index (κ3) is 0.282. The van der Waals surface area contributed by atoms with Gasteiger partial charge in [-0.15, -0.1) is 0 Å². The number of rotatable bonds is 0. The number of esters is 1. The molecule has 1 aliphatic heterocycles. The number of carbonyl (C=O) groups is 1. The van der Waals surface area contributed by atoms with E-state index in [9.17, 15) is 4.79 Å². The van der Waals surface area contributed by atoms with Gasteiger partial charge < -0.3 is 9.84 Å². The molecular weight excluding hydrogens is 108 g/mol. The van der Waals surface area contributed by atoms with Crippen LogP contribution in [0.4, 0.5) is 0 Å². The number of hydrogen-bond acceptors (Lipinski definition) is 3. The molecule has 2 atom stereocenters. The van der Waals surface area contributed by atoms with Crippen LogP contribution in [-0.2, 0) is 9.53 Å². The smallest absolute Gasteiger partial charge is 0.338 e. The summed E-state index contributed by atoms with van der Waals surface area (Å²) in [7, 11) is 0. The van der Waals surface area contributed by atoms with E-state index in [-0.39, 0.29) is 5.92 Å². The second-order valence-electron chi connectivity index (χ2n) is 2.42. The molecule has 0 bridgehead atoms. The zero-order valence-corrected chi connectivity index (χ0v) is 4.26. The minimum atomic E-state index is -1.04. The summed E-state index contributed by atoms with van der Waals surface area (Å²) in [5.41, 5.74) is -1.04. The molecule has 8 heavy (non-hydrogen) atoms. The Bertz CT molecular complexity index is 152. The van der Waals surface area contributed by atoms with Crippen molar-refractivity contribution in [3.05, 3.63) is 0 Å². The van der Waals surface area contributed by atoms with E-state index in [1.807, 2.05) is 0 Å². The normalized spacial score (nSPS) is 50.6. The van der Waals surface area contributed by atoms with Crippen LogP contribution < -0.4 is 0 Å². The van der Waals surface area contributed by atoms with E-state index in [0.29, 0.717) is 13.0 Å². The van der Waals surface area contributed by atoms with Crippen molar-refractivity contribution in [3.63, 3.8) is 0 Å². The molecule has 0 aromatic rings. The van der Waals surface area contributed by atoms with Gasteiger partial charge in [0.2, 0.25) is 0 Å². The lowest BCUT2D eigenvalue weighted by Gasteiger charge is -1.96. The zero-order valence-electron chi connectivity index (χ0n) is 4.26. The summed E-state index contributed by atoms with van der Waals surface area (Å²) in [5.74, 6) is -0.308. The first-order valence-corrected chi connectivity index (χ1v) is 2.63. The first-order chi connectivity index (χ1) is 3.73. The Kier molecular flexibility index (Phi) is 0.492. The highest BCUT2D eigenvalue weighted by Gasteiger charge is 2.65. The van der Waals surface area contributed by atoms with E-state index in [0.717, 1.165) is 0 Å². The molecule has 1 saturated carbocycles. The van der Waals surface area contributed by atoms with Crippen LogP contribution in [0, 0.1) is 5.92 Å². The van der Waals surface area contributed by atoms with Crippen LogP contribution in [0.1, 0.15) is 6.42 Å². The molecule has 0 radical (unpaired) electrons. The van der Waals surface area contributed by atoms with Gasteiger partial charge in [0.1, 0.15) is 0 Å². The molecule has 0 spiro atoms. The maximum absolute atomic E-state index is 10.5. The van der Waals surface area contributed by atoms with Crippen molar-refractivity contribution in [1.29, 1.82) is 0 Å².